The summed E-state index contributed by atoms with van der Waals surface area (Å²) in [6.45, 7) is 11.5. The second-order valence-electron chi connectivity index (χ2n) is 7.74. The highest BCUT2D eigenvalue weighted by Gasteiger charge is 2.20. The van der Waals surface area contributed by atoms with Gasteiger partial charge in [0, 0.05) is 31.7 Å². The molecule has 1 aromatic rings. The molecule has 1 aliphatic rings. The summed E-state index contributed by atoms with van der Waals surface area (Å²) in [5.74, 6) is 1.67. The van der Waals surface area contributed by atoms with Crippen molar-refractivity contribution >= 4 is 11.9 Å². The van der Waals surface area contributed by atoms with Crippen molar-refractivity contribution in [3.63, 3.8) is 0 Å². The van der Waals surface area contributed by atoms with Crippen molar-refractivity contribution in [1.29, 1.82) is 0 Å². The summed E-state index contributed by atoms with van der Waals surface area (Å²) in [4.78, 5) is 19.1. The Kier molecular flexibility index (Phi) is 9.28. The molecule has 0 spiro atoms. The first-order valence-corrected chi connectivity index (χ1v) is 10.6. The quantitative estimate of drug-likeness (QED) is 0.473. The Morgan fingerprint density at radius 2 is 2.04 bits per heavy atom. The topological polar surface area (TPSA) is 68.8 Å². The maximum absolute atomic E-state index is 11.8. The number of piperidine rings is 1. The van der Waals surface area contributed by atoms with Gasteiger partial charge in [0.05, 0.1) is 6.54 Å². The van der Waals surface area contributed by atoms with Crippen molar-refractivity contribution in [2.45, 2.75) is 46.1 Å². The third-order valence-corrected chi connectivity index (χ3v) is 5.42. The molecule has 156 valence electrons. The zero-order chi connectivity index (χ0) is 20.4. The van der Waals surface area contributed by atoms with Crippen LogP contribution in [0.4, 0.5) is 0 Å². The number of carbonyl (C=O) groups is 1. The molecule has 1 unspecified atom stereocenters. The van der Waals surface area contributed by atoms with Gasteiger partial charge in [-0.1, -0.05) is 19.1 Å². The molecule has 1 saturated heterocycles. The Hall–Kier alpha value is -2.08. The molecule has 1 aromatic carbocycles. The smallest absolute Gasteiger partial charge is 0.251 e. The minimum atomic E-state index is -0.0502. The van der Waals surface area contributed by atoms with Gasteiger partial charge in [-0.25, -0.2) is 0 Å². The van der Waals surface area contributed by atoms with Gasteiger partial charge >= 0.3 is 0 Å². The van der Waals surface area contributed by atoms with Crippen molar-refractivity contribution in [2.24, 2.45) is 10.9 Å². The average molecular weight is 388 g/mol. The number of amides is 1. The number of aliphatic imine (C=N–C) groups is 1. The number of carbonyl (C=O) groups excluding carboxylic acids is 1. The summed E-state index contributed by atoms with van der Waals surface area (Å²) in [6, 6.07) is 8.23. The molecule has 1 aliphatic heterocycles. The lowest BCUT2D eigenvalue weighted by atomic mass is 9.98. The number of nitrogens with zero attached hydrogens (tertiary/aromatic N) is 2. The molecule has 1 heterocycles. The third kappa shape index (κ3) is 7.15. The summed E-state index contributed by atoms with van der Waals surface area (Å²) in [7, 11) is 1.65. The Morgan fingerprint density at radius 1 is 1.29 bits per heavy atom. The largest absolute Gasteiger partial charge is 0.357 e. The molecule has 3 N–H and O–H groups in total. The molecule has 1 atom stereocenters. The zero-order valence-electron chi connectivity index (χ0n) is 17.9. The van der Waals surface area contributed by atoms with Gasteiger partial charge in [0.15, 0.2) is 5.96 Å². The second kappa shape index (κ2) is 11.7. The van der Waals surface area contributed by atoms with Crippen LogP contribution in [0.15, 0.2) is 29.3 Å². The SMILES string of the molecule is CCNC(=NCC(C)N1CCC(C)CC1)NCCc1cccc(C(=O)NC)c1. The molecule has 2 rings (SSSR count). The van der Waals surface area contributed by atoms with Gasteiger partial charge in [-0.3, -0.25) is 14.7 Å². The monoisotopic (exact) mass is 387 g/mol. The number of guanidine groups is 1. The van der Waals surface area contributed by atoms with E-state index in [-0.39, 0.29) is 5.91 Å². The summed E-state index contributed by atoms with van der Waals surface area (Å²) in [5.41, 5.74) is 1.84. The maximum Gasteiger partial charge on any atom is 0.251 e. The molecule has 1 amide bonds. The van der Waals surface area contributed by atoms with Gasteiger partial charge in [0.1, 0.15) is 0 Å². The van der Waals surface area contributed by atoms with Crippen molar-refractivity contribution in [2.75, 3.05) is 39.8 Å². The van der Waals surface area contributed by atoms with Crippen molar-refractivity contribution in [3.8, 4) is 0 Å². The molecule has 28 heavy (non-hydrogen) atoms. The first-order chi connectivity index (χ1) is 13.5. The predicted molar refractivity (Wildman–Crippen MR) is 117 cm³/mol. The van der Waals surface area contributed by atoms with Crippen LogP contribution >= 0.6 is 0 Å². The summed E-state index contributed by atoms with van der Waals surface area (Å²) in [6.07, 6.45) is 3.43. The molecular formula is C22H37N5O. The maximum atomic E-state index is 11.8. The van der Waals surface area contributed by atoms with Crippen LogP contribution in [0.3, 0.4) is 0 Å². The van der Waals surface area contributed by atoms with Gasteiger partial charge in [0.25, 0.3) is 5.91 Å². The Labute approximate surface area is 170 Å². The van der Waals surface area contributed by atoms with Crippen LogP contribution in [0, 0.1) is 5.92 Å². The first kappa shape index (κ1) is 22.2. The van der Waals surface area contributed by atoms with Gasteiger partial charge in [-0.2, -0.15) is 0 Å². The van der Waals surface area contributed by atoms with Gasteiger partial charge < -0.3 is 16.0 Å². The molecule has 0 radical (unpaired) electrons. The number of likely N-dealkylation sites (tertiary alicyclic amines) is 1. The van der Waals surface area contributed by atoms with Gasteiger partial charge in [0.2, 0.25) is 0 Å². The minimum Gasteiger partial charge on any atom is -0.357 e. The van der Waals surface area contributed by atoms with Crippen LogP contribution in [-0.2, 0) is 6.42 Å². The normalized spacial score (nSPS) is 17.2. The lowest BCUT2D eigenvalue weighted by Gasteiger charge is -2.34. The van der Waals surface area contributed by atoms with E-state index in [1.807, 2.05) is 18.2 Å². The van der Waals surface area contributed by atoms with Crippen LogP contribution in [0.1, 0.15) is 49.5 Å². The molecule has 0 aliphatic carbocycles. The van der Waals surface area contributed by atoms with Gasteiger partial charge in [-0.05, 0) is 69.8 Å². The molecule has 0 saturated carbocycles. The Bertz CT molecular complexity index is 638. The molecule has 0 bridgehead atoms. The molecule has 6 nitrogen and oxygen atoms in total. The van der Waals surface area contributed by atoms with E-state index in [2.05, 4.69) is 47.7 Å². The Morgan fingerprint density at radius 3 is 2.71 bits per heavy atom. The highest BCUT2D eigenvalue weighted by atomic mass is 16.1. The fourth-order valence-corrected chi connectivity index (χ4v) is 3.49. The van der Waals surface area contributed by atoms with Crippen LogP contribution in [0.5, 0.6) is 0 Å². The summed E-state index contributed by atoms with van der Waals surface area (Å²) < 4.78 is 0. The summed E-state index contributed by atoms with van der Waals surface area (Å²) in [5, 5.41) is 9.41. The average Bonchev–Trinajstić information content (AvgIpc) is 2.72. The van der Waals surface area contributed by atoms with Crippen molar-refractivity contribution in [1.82, 2.24) is 20.9 Å². The van der Waals surface area contributed by atoms with E-state index >= 15 is 0 Å². The molecule has 6 heteroatoms. The van der Waals surface area contributed by atoms with E-state index in [0.29, 0.717) is 11.6 Å². The Balaban J connectivity index is 1.83. The lowest BCUT2D eigenvalue weighted by molar-refractivity contribution is 0.0963. The van der Waals surface area contributed by atoms with E-state index in [1.54, 1.807) is 7.05 Å². The molecule has 0 aromatic heterocycles. The third-order valence-electron chi connectivity index (χ3n) is 5.42. The van der Waals surface area contributed by atoms with Crippen molar-refractivity contribution < 1.29 is 4.79 Å². The first-order valence-electron chi connectivity index (χ1n) is 10.6. The van der Waals surface area contributed by atoms with Crippen LogP contribution in [0.25, 0.3) is 0 Å². The number of hydrogen-bond donors (Lipinski definition) is 3. The van der Waals surface area contributed by atoms with Gasteiger partial charge in [-0.15, -0.1) is 0 Å². The minimum absolute atomic E-state index is 0.0502. The van der Waals surface area contributed by atoms with E-state index < -0.39 is 0 Å². The van der Waals surface area contributed by atoms with E-state index in [9.17, 15) is 4.79 Å². The zero-order valence-corrected chi connectivity index (χ0v) is 17.9. The number of benzene rings is 1. The number of rotatable bonds is 8. The van der Waals surface area contributed by atoms with Crippen LogP contribution < -0.4 is 16.0 Å². The van der Waals surface area contributed by atoms with E-state index in [0.717, 1.165) is 43.5 Å². The van der Waals surface area contributed by atoms with Crippen LogP contribution in [-0.4, -0.2) is 62.6 Å². The highest BCUT2D eigenvalue weighted by Crippen LogP contribution is 2.17. The fourth-order valence-electron chi connectivity index (χ4n) is 3.49. The van der Waals surface area contributed by atoms with Crippen LogP contribution in [0.2, 0.25) is 0 Å². The van der Waals surface area contributed by atoms with Crippen molar-refractivity contribution in [3.05, 3.63) is 35.4 Å². The molecule has 1 fully saturated rings. The molecular weight excluding hydrogens is 350 g/mol. The number of nitrogens with one attached hydrogen (secondary N) is 3. The second-order valence-corrected chi connectivity index (χ2v) is 7.74. The standard InChI is InChI=1S/C22H37N5O/c1-5-24-22(26-16-18(3)27-13-10-17(2)11-14-27)25-12-9-19-7-6-8-20(15-19)21(28)23-4/h6-8,15,17-18H,5,9-14,16H2,1-4H3,(H,23,28)(H2,24,25,26). The lowest BCUT2D eigenvalue weighted by Crippen LogP contribution is -2.43. The summed E-state index contributed by atoms with van der Waals surface area (Å²) >= 11 is 0. The fraction of sp³-hybridized carbons (Fsp3) is 0.636. The highest BCUT2D eigenvalue weighted by molar-refractivity contribution is 5.94. The number of hydrogen-bond acceptors (Lipinski definition) is 3. The predicted octanol–water partition coefficient (Wildman–Crippen LogP) is 2.26. The van der Waals surface area contributed by atoms with E-state index in [1.165, 1.54) is 25.9 Å². The van der Waals surface area contributed by atoms with E-state index in [4.69, 9.17) is 4.99 Å².